The summed E-state index contributed by atoms with van der Waals surface area (Å²) in [5.74, 6) is -0.581. The highest BCUT2D eigenvalue weighted by atomic mass is 32.2. The first-order chi connectivity index (χ1) is 15.0. The van der Waals surface area contributed by atoms with Crippen LogP contribution in [0.25, 0.3) is 16.9 Å². The average Bonchev–Trinajstić information content (AvgIpc) is 3.42. The van der Waals surface area contributed by atoms with Crippen LogP contribution in [-0.4, -0.2) is 42.6 Å². The molecular weight excluding hydrogens is 439 g/mol. The number of thiazole rings is 1. The minimum atomic E-state index is -0.320. The smallest absolute Gasteiger partial charge is 0.236 e. The molecule has 2 aromatic heterocycles. The van der Waals surface area contributed by atoms with Crippen molar-refractivity contribution >= 4 is 39.9 Å². The fourth-order valence-electron chi connectivity index (χ4n) is 2.66. The first kappa shape index (κ1) is 20.8. The molecule has 0 aliphatic carbocycles. The highest BCUT2D eigenvalue weighted by molar-refractivity contribution is 7.99. The Hall–Kier alpha value is -3.44. The Labute approximate surface area is 184 Å². The van der Waals surface area contributed by atoms with Crippen molar-refractivity contribution in [2.24, 2.45) is 0 Å². The van der Waals surface area contributed by atoms with Crippen LogP contribution in [0.15, 0.2) is 59.1 Å². The maximum atomic E-state index is 13.1. The second kappa shape index (κ2) is 9.14. The summed E-state index contributed by atoms with van der Waals surface area (Å²) in [6.07, 6.45) is 0. The Morgan fingerprint density at radius 3 is 2.77 bits per heavy atom. The number of carbonyl (C=O) groups excluding carboxylic acids is 2. The molecule has 0 bridgehead atoms. The molecule has 1 N–H and O–H groups in total. The number of ketones is 1. The van der Waals surface area contributed by atoms with E-state index in [-0.39, 0.29) is 23.3 Å². The van der Waals surface area contributed by atoms with E-state index in [0.29, 0.717) is 27.2 Å². The number of amides is 1. The van der Waals surface area contributed by atoms with Crippen LogP contribution in [0.3, 0.4) is 0 Å². The zero-order valence-electron chi connectivity index (χ0n) is 16.2. The third-order valence-electron chi connectivity index (χ3n) is 4.16. The number of Topliss-reactive ketones (excluding diaryl/α,β-unsaturated/α-hetero) is 1. The number of tetrazole rings is 1. The van der Waals surface area contributed by atoms with E-state index in [1.54, 1.807) is 41.8 Å². The van der Waals surface area contributed by atoms with E-state index in [4.69, 9.17) is 0 Å². The zero-order chi connectivity index (χ0) is 21.8. The van der Waals surface area contributed by atoms with Gasteiger partial charge in [0.15, 0.2) is 10.9 Å². The summed E-state index contributed by atoms with van der Waals surface area (Å²) in [5.41, 5.74) is 2.59. The molecule has 0 saturated carbocycles. The predicted molar refractivity (Wildman–Crippen MR) is 116 cm³/mol. The lowest BCUT2D eigenvalue weighted by Gasteiger charge is -2.05. The lowest BCUT2D eigenvalue weighted by molar-refractivity contribution is -0.113. The fourth-order valence-corrected chi connectivity index (χ4v) is 4.08. The van der Waals surface area contributed by atoms with Gasteiger partial charge in [0.2, 0.25) is 11.1 Å². The van der Waals surface area contributed by atoms with Crippen LogP contribution in [0.2, 0.25) is 0 Å². The number of anilines is 1. The van der Waals surface area contributed by atoms with E-state index < -0.39 is 0 Å². The molecular formula is C20H15FN6O2S2. The lowest BCUT2D eigenvalue weighted by Crippen LogP contribution is -2.14. The van der Waals surface area contributed by atoms with Crippen LogP contribution >= 0.6 is 23.1 Å². The van der Waals surface area contributed by atoms with E-state index in [9.17, 15) is 14.0 Å². The van der Waals surface area contributed by atoms with E-state index in [0.717, 1.165) is 17.3 Å². The monoisotopic (exact) mass is 454 g/mol. The third kappa shape index (κ3) is 5.01. The summed E-state index contributed by atoms with van der Waals surface area (Å²) in [5, 5.41) is 17.0. The summed E-state index contributed by atoms with van der Waals surface area (Å²) < 4.78 is 14.5. The highest BCUT2D eigenvalue weighted by Gasteiger charge is 2.14. The Kier molecular flexibility index (Phi) is 6.14. The van der Waals surface area contributed by atoms with Gasteiger partial charge in [0.05, 0.1) is 17.1 Å². The van der Waals surface area contributed by atoms with Gasteiger partial charge in [-0.3, -0.25) is 9.59 Å². The van der Waals surface area contributed by atoms with Gasteiger partial charge in [-0.15, -0.1) is 16.4 Å². The van der Waals surface area contributed by atoms with Crippen molar-refractivity contribution in [2.75, 3.05) is 11.1 Å². The molecule has 156 valence electrons. The number of aromatic nitrogens is 5. The van der Waals surface area contributed by atoms with Gasteiger partial charge >= 0.3 is 0 Å². The minimum absolute atomic E-state index is 0.0630. The molecule has 4 aromatic rings. The second-order valence-corrected chi connectivity index (χ2v) is 8.16. The predicted octanol–water partition coefficient (Wildman–Crippen LogP) is 3.86. The summed E-state index contributed by atoms with van der Waals surface area (Å²) in [6, 6.07) is 12.9. The van der Waals surface area contributed by atoms with Gasteiger partial charge in [-0.25, -0.2) is 9.37 Å². The maximum Gasteiger partial charge on any atom is 0.236 e. The van der Waals surface area contributed by atoms with Crippen LogP contribution in [0.5, 0.6) is 0 Å². The van der Waals surface area contributed by atoms with Crippen molar-refractivity contribution in [3.8, 4) is 16.9 Å². The van der Waals surface area contributed by atoms with Gasteiger partial charge < -0.3 is 5.32 Å². The first-order valence-electron chi connectivity index (χ1n) is 9.03. The van der Waals surface area contributed by atoms with Crippen molar-refractivity contribution in [3.05, 3.63) is 65.3 Å². The molecule has 0 aliphatic rings. The van der Waals surface area contributed by atoms with Gasteiger partial charge in [0.25, 0.3) is 0 Å². The number of hydrogen-bond acceptors (Lipinski definition) is 8. The molecule has 2 heterocycles. The number of nitrogens with zero attached hydrogens (tertiary/aromatic N) is 5. The number of hydrogen-bond donors (Lipinski definition) is 1. The highest BCUT2D eigenvalue weighted by Crippen LogP contribution is 2.25. The normalized spacial score (nSPS) is 10.8. The number of nitrogens with one attached hydrogen (secondary N) is 1. The molecule has 1 amide bonds. The summed E-state index contributed by atoms with van der Waals surface area (Å²) in [7, 11) is 0. The largest absolute Gasteiger partial charge is 0.301 e. The van der Waals surface area contributed by atoms with Crippen LogP contribution in [0.4, 0.5) is 9.52 Å². The average molecular weight is 455 g/mol. The number of carbonyl (C=O) groups is 2. The Balaban J connectivity index is 1.39. The van der Waals surface area contributed by atoms with E-state index in [2.05, 4.69) is 25.8 Å². The second-order valence-electron chi connectivity index (χ2n) is 6.36. The Morgan fingerprint density at radius 1 is 1.19 bits per heavy atom. The molecule has 8 nitrogen and oxygen atoms in total. The van der Waals surface area contributed by atoms with Gasteiger partial charge in [-0.1, -0.05) is 23.9 Å². The maximum absolute atomic E-state index is 13.1. The number of thioether (sulfide) groups is 1. The summed E-state index contributed by atoms with van der Waals surface area (Å²) in [4.78, 5) is 28.3. The van der Waals surface area contributed by atoms with Crippen molar-refractivity contribution in [1.29, 1.82) is 0 Å². The molecule has 0 unspecified atom stereocenters. The zero-order valence-corrected chi connectivity index (χ0v) is 17.8. The Bertz CT molecular complexity index is 1240. The van der Waals surface area contributed by atoms with E-state index in [1.165, 1.54) is 35.1 Å². The standard InChI is InChI=1S/C20H15FN6O2S2/c1-12(28)14-3-2-4-16(9-14)27-20(24-25-26-27)31-11-18(29)23-19-22-17(10-30-19)13-5-7-15(21)8-6-13/h2-10H,11H2,1H3,(H,22,23,29). The van der Waals surface area contributed by atoms with Gasteiger partial charge in [0.1, 0.15) is 5.82 Å². The van der Waals surface area contributed by atoms with Crippen LogP contribution < -0.4 is 5.32 Å². The van der Waals surface area contributed by atoms with Crippen LogP contribution in [0, 0.1) is 5.82 Å². The molecule has 0 saturated heterocycles. The Morgan fingerprint density at radius 2 is 2.00 bits per heavy atom. The van der Waals surface area contributed by atoms with Crippen LogP contribution in [-0.2, 0) is 4.79 Å². The van der Waals surface area contributed by atoms with Crippen LogP contribution in [0.1, 0.15) is 17.3 Å². The number of rotatable bonds is 7. The quantitative estimate of drug-likeness (QED) is 0.334. The SMILES string of the molecule is CC(=O)c1cccc(-n2nnnc2SCC(=O)Nc2nc(-c3ccc(F)cc3)cs2)c1. The number of halogens is 1. The van der Waals surface area contributed by atoms with Gasteiger partial charge in [0, 0.05) is 16.5 Å². The molecule has 0 atom stereocenters. The third-order valence-corrected chi connectivity index (χ3v) is 5.84. The molecule has 2 aromatic carbocycles. The van der Waals surface area contributed by atoms with Crippen molar-refractivity contribution in [2.45, 2.75) is 12.1 Å². The minimum Gasteiger partial charge on any atom is -0.301 e. The van der Waals surface area contributed by atoms with Crippen molar-refractivity contribution in [3.63, 3.8) is 0 Å². The van der Waals surface area contributed by atoms with E-state index >= 15 is 0 Å². The fraction of sp³-hybridized carbons (Fsp3) is 0.100. The molecule has 31 heavy (non-hydrogen) atoms. The molecule has 0 spiro atoms. The molecule has 0 fully saturated rings. The summed E-state index contributed by atoms with van der Waals surface area (Å²) >= 11 is 2.44. The van der Waals surface area contributed by atoms with Crippen molar-refractivity contribution in [1.82, 2.24) is 25.2 Å². The molecule has 11 heteroatoms. The topological polar surface area (TPSA) is 103 Å². The van der Waals surface area contributed by atoms with E-state index in [1.807, 2.05) is 0 Å². The molecule has 0 radical (unpaired) electrons. The lowest BCUT2D eigenvalue weighted by atomic mass is 10.1. The van der Waals surface area contributed by atoms with Crippen molar-refractivity contribution < 1.29 is 14.0 Å². The number of benzene rings is 2. The summed E-state index contributed by atoms with van der Waals surface area (Å²) in [6.45, 7) is 1.48. The first-order valence-corrected chi connectivity index (χ1v) is 10.9. The molecule has 4 rings (SSSR count). The van der Waals surface area contributed by atoms with Gasteiger partial charge in [-0.05, 0) is 53.7 Å². The molecule has 0 aliphatic heterocycles. The van der Waals surface area contributed by atoms with Gasteiger partial charge in [-0.2, -0.15) is 4.68 Å².